The molecule has 0 aromatic heterocycles. The van der Waals surface area contributed by atoms with Gasteiger partial charge in [0.25, 0.3) is 0 Å². The van der Waals surface area contributed by atoms with Crippen LogP contribution in [-0.4, -0.2) is 58.3 Å². The van der Waals surface area contributed by atoms with Crippen molar-refractivity contribution in [2.24, 2.45) is 34.5 Å². The second-order valence-corrected chi connectivity index (χ2v) is 30.6. The number of hydrogen-bond donors (Lipinski definition) is 0. The topological polar surface area (TPSA) is 40.2 Å². The van der Waals surface area contributed by atoms with E-state index in [-0.39, 0.29) is 48.9 Å². The molecule has 10 rings (SSSR count). The Morgan fingerprint density at radius 1 is 0.620 bits per heavy atom. The van der Waals surface area contributed by atoms with Crippen molar-refractivity contribution in [3.05, 3.63) is 71.8 Å². The maximum atomic E-state index is 7.01. The van der Waals surface area contributed by atoms with Gasteiger partial charge in [0.15, 0.2) is 0 Å². The Hall–Kier alpha value is -0.906. The summed E-state index contributed by atoms with van der Waals surface area (Å²) in [6.45, 7) is 29.1. The van der Waals surface area contributed by atoms with E-state index in [9.17, 15) is 0 Å². The highest BCUT2D eigenvalue weighted by Gasteiger charge is 2.70. The number of nitrogens with zero attached hydrogens (tertiary/aromatic N) is 1. The standard InChI is InChI=1S/C23H40BNO2Si2.C17H22BClO2/c1-22(2)18-15-19(22)23(3)20(16-18)26-24(27-23)21(17-13-11-10-12-14-17)25(28(4,5)6)29(7,8)9;1-16(2)12-9-13(16)17(3)14(10-12)20-18(21-17)15(19)11-7-5-4-6-8-11/h10-14,18-21H,15-16H2,1-9H3;4-8,12-15H,9-10H2,1-3H3/t18?,19?,20?,21-,23-;12?,13?,14?,15-,17+/m10/s1. The monoisotopic (exact) mass is 733 g/mol. The summed E-state index contributed by atoms with van der Waals surface area (Å²) in [4.78, 5) is 0. The summed E-state index contributed by atoms with van der Waals surface area (Å²) >= 11 is 6.62. The second-order valence-electron chi connectivity index (χ2n) is 20.1. The molecular formula is C40H62B2ClNO4Si2. The summed E-state index contributed by atoms with van der Waals surface area (Å²) in [5.41, 5.74) is 2.83. The van der Waals surface area contributed by atoms with Gasteiger partial charge in [0.1, 0.15) is 16.5 Å². The molecule has 8 fully saturated rings. The average Bonchev–Trinajstić information content (AvgIpc) is 3.59. The van der Waals surface area contributed by atoms with Gasteiger partial charge >= 0.3 is 14.2 Å². The minimum Gasteiger partial charge on any atom is -0.404 e. The molecule has 8 aliphatic rings. The van der Waals surface area contributed by atoms with Gasteiger partial charge in [-0.15, -0.1) is 11.6 Å². The van der Waals surface area contributed by atoms with Crippen LogP contribution in [0.25, 0.3) is 0 Å². The SMILES string of the molecule is CC1(C)C2CC3OB([C@@H](Cl)c4ccccc4)O[C@]3(C)C1C2.CC1(C)C2CC3OB([C@@H](c4ccccc4)N([Si](C)(C)C)[Si](C)(C)C)O[C@]3(C)C1C2. The molecule has 4 bridgehead atoms. The van der Waals surface area contributed by atoms with Crippen molar-refractivity contribution in [3.8, 4) is 0 Å². The molecule has 10 heteroatoms. The largest absolute Gasteiger partial charge is 0.481 e. The molecule has 10 atom stereocenters. The van der Waals surface area contributed by atoms with Crippen LogP contribution in [0.5, 0.6) is 0 Å². The molecule has 6 aliphatic carbocycles. The van der Waals surface area contributed by atoms with E-state index in [0.29, 0.717) is 22.7 Å². The van der Waals surface area contributed by atoms with E-state index in [0.717, 1.165) is 30.2 Å². The predicted octanol–water partition coefficient (Wildman–Crippen LogP) is 10.2. The van der Waals surface area contributed by atoms with Gasteiger partial charge in [-0.2, -0.15) is 0 Å². The Morgan fingerprint density at radius 3 is 1.44 bits per heavy atom. The third-order valence-corrected chi connectivity index (χ3v) is 22.3. The first kappa shape index (κ1) is 37.4. The van der Waals surface area contributed by atoms with Gasteiger partial charge in [-0.25, -0.2) is 0 Å². The third-order valence-electron chi connectivity index (χ3n) is 14.4. The van der Waals surface area contributed by atoms with E-state index in [4.69, 9.17) is 30.2 Å². The van der Waals surface area contributed by atoms with E-state index in [1.807, 2.05) is 30.3 Å². The van der Waals surface area contributed by atoms with E-state index in [1.165, 1.54) is 18.4 Å². The molecule has 0 N–H and O–H groups in total. The smallest absolute Gasteiger partial charge is 0.404 e. The van der Waals surface area contributed by atoms with Gasteiger partial charge in [-0.1, -0.05) is 128 Å². The van der Waals surface area contributed by atoms with Gasteiger partial charge in [-0.3, -0.25) is 0 Å². The average molecular weight is 734 g/mol. The van der Waals surface area contributed by atoms with Gasteiger partial charge < -0.3 is 22.8 Å². The molecule has 6 saturated carbocycles. The van der Waals surface area contributed by atoms with Crippen LogP contribution in [0.2, 0.25) is 39.3 Å². The van der Waals surface area contributed by atoms with Gasteiger partial charge in [0.05, 0.1) is 34.6 Å². The van der Waals surface area contributed by atoms with Crippen LogP contribution in [0.1, 0.15) is 89.6 Å². The maximum Gasteiger partial charge on any atom is 0.481 e. The molecule has 0 amide bonds. The highest BCUT2D eigenvalue weighted by atomic mass is 35.5. The van der Waals surface area contributed by atoms with Crippen LogP contribution >= 0.6 is 11.6 Å². The summed E-state index contributed by atoms with van der Waals surface area (Å²) < 4.78 is 29.3. The fraction of sp³-hybridized carbons (Fsp3) is 0.700. The highest BCUT2D eigenvalue weighted by Crippen LogP contribution is 2.67. The Bertz CT molecular complexity index is 1530. The zero-order chi connectivity index (χ0) is 36.2. The van der Waals surface area contributed by atoms with Crippen molar-refractivity contribution in [2.45, 2.75) is 141 Å². The first-order valence-electron chi connectivity index (χ1n) is 19.4. The zero-order valence-corrected chi connectivity index (χ0v) is 35.6. The number of halogens is 1. The number of benzene rings is 2. The van der Waals surface area contributed by atoms with Crippen LogP contribution in [0.15, 0.2) is 60.7 Å². The minimum atomic E-state index is -1.61. The Balaban J connectivity index is 0.000000165. The predicted molar refractivity (Wildman–Crippen MR) is 213 cm³/mol. The van der Waals surface area contributed by atoms with Gasteiger partial charge in [0.2, 0.25) is 0 Å². The fourth-order valence-corrected chi connectivity index (χ4v) is 22.3. The van der Waals surface area contributed by atoms with Gasteiger partial charge in [-0.05, 0) is 85.2 Å². The Labute approximate surface area is 311 Å². The van der Waals surface area contributed by atoms with E-state index in [1.54, 1.807) is 0 Å². The second kappa shape index (κ2) is 12.6. The fourth-order valence-electron chi connectivity index (χ4n) is 11.8. The molecule has 2 aromatic carbocycles. The Morgan fingerprint density at radius 2 is 1.02 bits per heavy atom. The van der Waals surface area contributed by atoms with Crippen LogP contribution in [0, 0.1) is 34.5 Å². The lowest BCUT2D eigenvalue weighted by Gasteiger charge is -2.64. The van der Waals surface area contributed by atoms with E-state index in [2.05, 4.69) is 115 Å². The van der Waals surface area contributed by atoms with Crippen molar-refractivity contribution < 1.29 is 18.6 Å². The first-order chi connectivity index (χ1) is 23.2. The molecule has 5 nitrogen and oxygen atoms in total. The molecule has 2 aromatic rings. The number of rotatable bonds is 7. The van der Waals surface area contributed by atoms with Crippen LogP contribution in [0.4, 0.5) is 0 Å². The summed E-state index contributed by atoms with van der Waals surface area (Å²) in [7, 11) is -3.73. The summed E-state index contributed by atoms with van der Waals surface area (Å²) in [5.74, 6) is 2.92. The van der Waals surface area contributed by atoms with Crippen molar-refractivity contribution in [3.63, 3.8) is 0 Å². The van der Waals surface area contributed by atoms with Crippen molar-refractivity contribution >= 4 is 42.3 Å². The molecule has 50 heavy (non-hydrogen) atoms. The molecule has 0 radical (unpaired) electrons. The Kier molecular flexibility index (Phi) is 9.41. The van der Waals surface area contributed by atoms with Crippen molar-refractivity contribution in [2.75, 3.05) is 0 Å². The number of hydrogen-bond acceptors (Lipinski definition) is 5. The summed E-state index contributed by atoms with van der Waals surface area (Å²) in [6, 6.07) is 21.1. The number of alkyl halides is 1. The van der Waals surface area contributed by atoms with Crippen LogP contribution in [0.3, 0.4) is 0 Å². The molecule has 2 saturated heterocycles. The van der Waals surface area contributed by atoms with Crippen LogP contribution in [-0.2, 0) is 18.6 Å². The molecule has 2 aliphatic heterocycles. The molecule has 2 heterocycles. The van der Waals surface area contributed by atoms with Crippen molar-refractivity contribution in [1.82, 2.24) is 4.23 Å². The van der Waals surface area contributed by atoms with Crippen LogP contribution < -0.4 is 0 Å². The first-order valence-corrected chi connectivity index (χ1v) is 26.7. The molecular weight excluding hydrogens is 672 g/mol. The molecule has 0 spiro atoms. The van der Waals surface area contributed by atoms with E-state index < -0.39 is 16.5 Å². The lowest BCUT2D eigenvalue weighted by Crippen LogP contribution is -2.65. The van der Waals surface area contributed by atoms with Crippen molar-refractivity contribution in [1.29, 1.82) is 0 Å². The normalized spacial score (nSPS) is 37.5. The summed E-state index contributed by atoms with van der Waals surface area (Å²) in [6.07, 6.45) is 5.27. The summed E-state index contributed by atoms with van der Waals surface area (Å²) in [5, 5.41) is -0.242. The zero-order valence-electron chi connectivity index (χ0n) is 32.8. The minimum absolute atomic E-state index is 0.152. The molecule has 272 valence electrons. The third kappa shape index (κ3) is 6.00. The lowest BCUT2D eigenvalue weighted by atomic mass is 9.43. The maximum absolute atomic E-state index is 7.01. The lowest BCUT2D eigenvalue weighted by molar-refractivity contribution is -0.199. The van der Waals surface area contributed by atoms with E-state index >= 15 is 0 Å². The highest BCUT2D eigenvalue weighted by molar-refractivity contribution is 6.90. The quantitative estimate of drug-likeness (QED) is 0.209. The van der Waals surface area contributed by atoms with Gasteiger partial charge in [0, 0.05) is 0 Å². The molecule has 6 unspecified atom stereocenters.